The second-order valence-corrected chi connectivity index (χ2v) is 5.52. The molecule has 84 valence electrons. The number of rotatable bonds is 3. The first-order chi connectivity index (χ1) is 7.25. The Morgan fingerprint density at radius 2 is 2.53 bits per heavy atom. The Morgan fingerprint density at radius 3 is 3.20 bits per heavy atom. The van der Waals surface area contributed by atoms with Crippen LogP contribution in [0.4, 0.5) is 0 Å². The summed E-state index contributed by atoms with van der Waals surface area (Å²) in [5.74, 6) is 0.786. The van der Waals surface area contributed by atoms with Crippen molar-refractivity contribution in [3.63, 3.8) is 0 Å². The van der Waals surface area contributed by atoms with Gasteiger partial charge in [-0.15, -0.1) is 11.3 Å². The zero-order chi connectivity index (χ0) is 10.7. The molecule has 0 aliphatic carbocycles. The molecule has 2 rings (SSSR count). The SMILES string of the molecule is CC1CCCN(CC(O)c2cccs2)C1. The third-order valence-corrected chi connectivity index (χ3v) is 4.02. The van der Waals surface area contributed by atoms with E-state index in [9.17, 15) is 5.11 Å². The summed E-state index contributed by atoms with van der Waals surface area (Å²) in [5, 5.41) is 12.0. The maximum absolute atomic E-state index is 10.0. The quantitative estimate of drug-likeness (QED) is 0.854. The van der Waals surface area contributed by atoms with Crippen LogP contribution in [0, 0.1) is 5.92 Å². The second kappa shape index (κ2) is 5.10. The standard InChI is InChI=1S/C12H19NOS/c1-10-4-2-6-13(8-10)9-11(14)12-5-3-7-15-12/h3,5,7,10-11,14H,2,4,6,8-9H2,1H3. The molecule has 2 nitrogen and oxygen atoms in total. The van der Waals surface area contributed by atoms with Gasteiger partial charge in [0.05, 0.1) is 0 Å². The van der Waals surface area contributed by atoms with E-state index in [4.69, 9.17) is 0 Å². The Balaban J connectivity index is 1.86. The van der Waals surface area contributed by atoms with Crippen LogP contribution in [-0.2, 0) is 0 Å². The van der Waals surface area contributed by atoms with Gasteiger partial charge in [-0.1, -0.05) is 13.0 Å². The van der Waals surface area contributed by atoms with Gasteiger partial charge >= 0.3 is 0 Å². The van der Waals surface area contributed by atoms with Gasteiger partial charge in [-0.3, -0.25) is 0 Å². The number of thiophene rings is 1. The van der Waals surface area contributed by atoms with Crippen molar-refractivity contribution in [2.75, 3.05) is 19.6 Å². The first-order valence-electron chi connectivity index (χ1n) is 5.69. The lowest BCUT2D eigenvalue weighted by Crippen LogP contribution is -2.37. The van der Waals surface area contributed by atoms with Crippen LogP contribution in [0.25, 0.3) is 0 Å². The maximum atomic E-state index is 10.0. The summed E-state index contributed by atoms with van der Waals surface area (Å²) in [6.07, 6.45) is 2.32. The Labute approximate surface area is 95.5 Å². The minimum atomic E-state index is -0.296. The van der Waals surface area contributed by atoms with E-state index >= 15 is 0 Å². The van der Waals surface area contributed by atoms with E-state index in [-0.39, 0.29) is 6.10 Å². The molecule has 0 radical (unpaired) electrons. The van der Waals surface area contributed by atoms with Crippen molar-refractivity contribution in [2.24, 2.45) is 5.92 Å². The number of β-amino-alcohol motifs (C(OH)–C–C–N with tert-alkyl or cyclic N) is 1. The first kappa shape index (κ1) is 11.1. The minimum Gasteiger partial charge on any atom is -0.386 e. The Morgan fingerprint density at radius 1 is 1.67 bits per heavy atom. The highest BCUT2D eigenvalue weighted by Gasteiger charge is 2.19. The maximum Gasteiger partial charge on any atom is 0.101 e. The molecular weight excluding hydrogens is 206 g/mol. The average molecular weight is 225 g/mol. The highest BCUT2D eigenvalue weighted by atomic mass is 32.1. The number of likely N-dealkylation sites (tertiary alicyclic amines) is 1. The third kappa shape index (κ3) is 3.03. The summed E-state index contributed by atoms with van der Waals surface area (Å²) in [7, 11) is 0. The Bertz CT molecular complexity index is 286. The lowest BCUT2D eigenvalue weighted by molar-refractivity contribution is 0.0897. The van der Waals surface area contributed by atoms with E-state index in [0.717, 1.165) is 30.4 Å². The molecule has 0 spiro atoms. The summed E-state index contributed by atoms with van der Waals surface area (Å²) in [4.78, 5) is 3.48. The molecule has 1 saturated heterocycles. The van der Waals surface area contributed by atoms with Crippen molar-refractivity contribution in [3.05, 3.63) is 22.4 Å². The fraction of sp³-hybridized carbons (Fsp3) is 0.667. The number of hydrogen-bond donors (Lipinski definition) is 1. The Hall–Kier alpha value is -0.380. The van der Waals surface area contributed by atoms with Crippen LogP contribution in [0.3, 0.4) is 0 Å². The molecule has 1 N–H and O–H groups in total. The summed E-state index contributed by atoms with van der Waals surface area (Å²) < 4.78 is 0. The van der Waals surface area contributed by atoms with Gasteiger partial charge in [0.1, 0.15) is 6.10 Å². The minimum absolute atomic E-state index is 0.296. The molecule has 1 aliphatic heterocycles. The number of aliphatic hydroxyl groups excluding tert-OH is 1. The van der Waals surface area contributed by atoms with Crippen molar-refractivity contribution in [2.45, 2.75) is 25.9 Å². The number of piperidine rings is 1. The molecule has 1 aliphatic rings. The summed E-state index contributed by atoms with van der Waals surface area (Å²) in [6.45, 7) is 5.38. The van der Waals surface area contributed by atoms with Crippen LogP contribution in [0.5, 0.6) is 0 Å². The van der Waals surface area contributed by atoms with Gasteiger partial charge in [-0.25, -0.2) is 0 Å². The van der Waals surface area contributed by atoms with E-state index in [0.29, 0.717) is 0 Å². The fourth-order valence-corrected chi connectivity index (χ4v) is 2.97. The van der Waals surface area contributed by atoms with Crippen LogP contribution < -0.4 is 0 Å². The molecule has 1 aromatic rings. The molecule has 3 heteroatoms. The van der Waals surface area contributed by atoms with Crippen molar-refractivity contribution < 1.29 is 5.11 Å². The van der Waals surface area contributed by atoms with Crippen molar-refractivity contribution in [1.82, 2.24) is 4.90 Å². The third-order valence-electron chi connectivity index (χ3n) is 3.04. The molecule has 1 aromatic heterocycles. The average Bonchev–Trinajstić information content (AvgIpc) is 2.70. The zero-order valence-corrected chi connectivity index (χ0v) is 10.0. The smallest absolute Gasteiger partial charge is 0.101 e. The molecule has 2 unspecified atom stereocenters. The number of hydrogen-bond acceptors (Lipinski definition) is 3. The van der Waals surface area contributed by atoms with E-state index in [1.54, 1.807) is 11.3 Å². The van der Waals surface area contributed by atoms with Crippen LogP contribution in [0.2, 0.25) is 0 Å². The molecular formula is C12H19NOS. The lowest BCUT2D eigenvalue weighted by Gasteiger charge is -2.32. The van der Waals surface area contributed by atoms with E-state index in [1.807, 2.05) is 17.5 Å². The van der Waals surface area contributed by atoms with E-state index in [2.05, 4.69) is 11.8 Å². The van der Waals surface area contributed by atoms with Crippen molar-refractivity contribution in [3.8, 4) is 0 Å². The van der Waals surface area contributed by atoms with Crippen LogP contribution in [0.1, 0.15) is 30.7 Å². The monoisotopic (exact) mass is 225 g/mol. The highest BCUT2D eigenvalue weighted by molar-refractivity contribution is 7.10. The zero-order valence-electron chi connectivity index (χ0n) is 9.22. The highest BCUT2D eigenvalue weighted by Crippen LogP contribution is 2.22. The first-order valence-corrected chi connectivity index (χ1v) is 6.57. The lowest BCUT2D eigenvalue weighted by atomic mass is 10.00. The summed E-state index contributed by atoms with van der Waals surface area (Å²) in [6, 6.07) is 4.02. The molecule has 0 amide bonds. The number of nitrogens with zero attached hydrogens (tertiary/aromatic N) is 1. The molecule has 2 heterocycles. The van der Waals surface area contributed by atoms with Crippen molar-refractivity contribution in [1.29, 1.82) is 0 Å². The van der Waals surface area contributed by atoms with Crippen LogP contribution in [-0.4, -0.2) is 29.6 Å². The van der Waals surface area contributed by atoms with Gasteiger partial charge in [-0.2, -0.15) is 0 Å². The second-order valence-electron chi connectivity index (χ2n) is 4.54. The topological polar surface area (TPSA) is 23.5 Å². The Kier molecular flexibility index (Phi) is 3.78. The number of aliphatic hydroxyl groups is 1. The van der Waals surface area contributed by atoms with Gasteiger partial charge in [0.15, 0.2) is 0 Å². The molecule has 0 bridgehead atoms. The fourth-order valence-electron chi connectivity index (χ4n) is 2.27. The molecule has 0 aromatic carbocycles. The normalized spacial score (nSPS) is 25.3. The molecule has 1 fully saturated rings. The van der Waals surface area contributed by atoms with Gasteiger partial charge in [0.25, 0.3) is 0 Å². The van der Waals surface area contributed by atoms with Gasteiger partial charge in [0, 0.05) is 18.0 Å². The van der Waals surface area contributed by atoms with Crippen LogP contribution in [0.15, 0.2) is 17.5 Å². The summed E-state index contributed by atoms with van der Waals surface area (Å²) >= 11 is 1.64. The van der Waals surface area contributed by atoms with E-state index < -0.39 is 0 Å². The molecule has 2 atom stereocenters. The molecule has 0 saturated carbocycles. The summed E-state index contributed by atoms with van der Waals surface area (Å²) in [5.41, 5.74) is 0. The van der Waals surface area contributed by atoms with Gasteiger partial charge in [-0.05, 0) is 36.8 Å². The predicted molar refractivity (Wildman–Crippen MR) is 64.1 cm³/mol. The predicted octanol–water partition coefficient (Wildman–Crippen LogP) is 2.51. The van der Waals surface area contributed by atoms with Crippen molar-refractivity contribution >= 4 is 11.3 Å². The van der Waals surface area contributed by atoms with Crippen LogP contribution >= 0.6 is 11.3 Å². The van der Waals surface area contributed by atoms with Gasteiger partial charge < -0.3 is 10.0 Å². The molecule has 15 heavy (non-hydrogen) atoms. The largest absolute Gasteiger partial charge is 0.386 e. The van der Waals surface area contributed by atoms with Gasteiger partial charge in [0.2, 0.25) is 0 Å². The van der Waals surface area contributed by atoms with E-state index in [1.165, 1.54) is 12.8 Å².